The van der Waals surface area contributed by atoms with Crippen molar-refractivity contribution in [2.75, 3.05) is 19.7 Å². The first-order chi connectivity index (χ1) is 10.4. The maximum absolute atomic E-state index is 5.66. The van der Waals surface area contributed by atoms with Gasteiger partial charge in [0, 0.05) is 19.0 Å². The lowest BCUT2D eigenvalue weighted by atomic mass is 9.83. The van der Waals surface area contributed by atoms with Crippen LogP contribution in [0, 0.1) is 0 Å². The van der Waals surface area contributed by atoms with Gasteiger partial charge < -0.3 is 14.6 Å². The molecular weight excluding hydrogens is 266 g/mol. The molecule has 2 unspecified atom stereocenters. The van der Waals surface area contributed by atoms with Gasteiger partial charge in [-0.1, -0.05) is 29.4 Å². The van der Waals surface area contributed by atoms with Gasteiger partial charge in [0.25, 0.3) is 5.89 Å². The Bertz CT molecular complexity index is 619. The van der Waals surface area contributed by atoms with E-state index in [9.17, 15) is 0 Å². The van der Waals surface area contributed by atoms with Crippen molar-refractivity contribution in [3.8, 4) is 0 Å². The first-order valence-corrected chi connectivity index (χ1v) is 7.63. The smallest absolute Gasteiger partial charge is 0.257 e. The Morgan fingerprint density at radius 1 is 1.19 bits per heavy atom. The molecule has 1 fully saturated rings. The molecule has 0 spiro atoms. The van der Waals surface area contributed by atoms with Crippen molar-refractivity contribution in [3.05, 3.63) is 47.1 Å². The lowest BCUT2D eigenvalue weighted by Crippen LogP contribution is -2.33. The SMILES string of the molecule is c1ccc2c(c1)CCC(c1noc(C3CNCCO3)n1)C2. The van der Waals surface area contributed by atoms with E-state index in [1.54, 1.807) is 0 Å². The van der Waals surface area contributed by atoms with Crippen molar-refractivity contribution >= 4 is 0 Å². The summed E-state index contributed by atoms with van der Waals surface area (Å²) in [6, 6.07) is 8.63. The largest absolute Gasteiger partial charge is 0.366 e. The van der Waals surface area contributed by atoms with Crippen LogP contribution in [0.15, 0.2) is 28.8 Å². The third-order valence-electron chi connectivity index (χ3n) is 4.37. The molecule has 1 saturated heterocycles. The fourth-order valence-electron chi connectivity index (χ4n) is 3.19. The maximum Gasteiger partial charge on any atom is 0.257 e. The molecule has 110 valence electrons. The van der Waals surface area contributed by atoms with Crippen LogP contribution in [0.1, 0.15) is 41.3 Å². The van der Waals surface area contributed by atoms with Crippen molar-refractivity contribution in [2.24, 2.45) is 0 Å². The molecule has 0 amide bonds. The maximum atomic E-state index is 5.66. The van der Waals surface area contributed by atoms with E-state index in [1.165, 1.54) is 11.1 Å². The van der Waals surface area contributed by atoms with E-state index in [1.807, 2.05) is 0 Å². The van der Waals surface area contributed by atoms with E-state index in [2.05, 4.69) is 39.7 Å². The standard InChI is InChI=1S/C16H19N3O2/c1-2-4-12-9-13(6-5-11(12)3-1)15-18-16(21-19-15)14-10-17-7-8-20-14/h1-4,13-14,17H,5-10H2. The van der Waals surface area contributed by atoms with Gasteiger partial charge in [-0.15, -0.1) is 0 Å². The highest BCUT2D eigenvalue weighted by molar-refractivity contribution is 5.31. The van der Waals surface area contributed by atoms with E-state index >= 15 is 0 Å². The molecule has 0 saturated carbocycles. The monoisotopic (exact) mass is 285 g/mol. The zero-order valence-corrected chi connectivity index (χ0v) is 11.9. The average molecular weight is 285 g/mol. The lowest BCUT2D eigenvalue weighted by Gasteiger charge is -2.22. The zero-order chi connectivity index (χ0) is 14.1. The second-order valence-electron chi connectivity index (χ2n) is 5.76. The quantitative estimate of drug-likeness (QED) is 0.914. The Morgan fingerprint density at radius 2 is 2.10 bits per heavy atom. The number of nitrogens with one attached hydrogen (secondary N) is 1. The Hall–Kier alpha value is -1.72. The van der Waals surface area contributed by atoms with Crippen molar-refractivity contribution in [1.82, 2.24) is 15.5 Å². The summed E-state index contributed by atoms with van der Waals surface area (Å²) in [5.41, 5.74) is 2.87. The summed E-state index contributed by atoms with van der Waals surface area (Å²) in [7, 11) is 0. The van der Waals surface area contributed by atoms with Crippen molar-refractivity contribution in [3.63, 3.8) is 0 Å². The third kappa shape index (κ3) is 2.59. The summed E-state index contributed by atoms with van der Waals surface area (Å²) in [6.07, 6.45) is 3.07. The number of hydrogen-bond acceptors (Lipinski definition) is 5. The van der Waals surface area contributed by atoms with Gasteiger partial charge in [-0.25, -0.2) is 0 Å². The lowest BCUT2D eigenvalue weighted by molar-refractivity contribution is 0.00755. The highest BCUT2D eigenvalue weighted by Crippen LogP contribution is 2.31. The molecule has 4 rings (SSSR count). The molecule has 2 atom stereocenters. The van der Waals surface area contributed by atoms with Gasteiger partial charge in [-0.3, -0.25) is 0 Å². The van der Waals surface area contributed by atoms with Gasteiger partial charge in [0.1, 0.15) is 6.10 Å². The number of rotatable bonds is 2. The third-order valence-corrected chi connectivity index (χ3v) is 4.37. The Kier molecular flexibility index (Phi) is 3.45. The molecule has 1 aromatic carbocycles. The molecule has 0 bridgehead atoms. The minimum atomic E-state index is -0.101. The number of benzene rings is 1. The zero-order valence-electron chi connectivity index (χ0n) is 11.9. The predicted octanol–water partition coefficient (Wildman–Crippen LogP) is 2.00. The summed E-state index contributed by atoms with van der Waals surface area (Å²) >= 11 is 0. The summed E-state index contributed by atoms with van der Waals surface area (Å²) in [5.74, 6) is 1.79. The summed E-state index contributed by atoms with van der Waals surface area (Å²) < 4.78 is 11.1. The minimum Gasteiger partial charge on any atom is -0.366 e. The van der Waals surface area contributed by atoms with E-state index in [-0.39, 0.29) is 6.10 Å². The van der Waals surface area contributed by atoms with E-state index in [4.69, 9.17) is 9.26 Å². The predicted molar refractivity (Wildman–Crippen MR) is 77.1 cm³/mol. The molecule has 1 aliphatic heterocycles. The first-order valence-electron chi connectivity index (χ1n) is 7.63. The highest BCUT2D eigenvalue weighted by Gasteiger charge is 2.27. The van der Waals surface area contributed by atoms with Gasteiger partial charge >= 0.3 is 0 Å². The van der Waals surface area contributed by atoms with Crippen LogP contribution in [0.5, 0.6) is 0 Å². The van der Waals surface area contributed by atoms with Crippen LogP contribution >= 0.6 is 0 Å². The van der Waals surface area contributed by atoms with Crippen LogP contribution in [0.3, 0.4) is 0 Å². The summed E-state index contributed by atoms with van der Waals surface area (Å²) in [5, 5.41) is 7.48. The molecule has 0 radical (unpaired) electrons. The van der Waals surface area contributed by atoms with Crippen molar-refractivity contribution < 1.29 is 9.26 Å². The molecule has 1 aliphatic carbocycles. The fraction of sp³-hybridized carbons (Fsp3) is 0.500. The van der Waals surface area contributed by atoms with Crippen LogP contribution in [0.25, 0.3) is 0 Å². The molecule has 21 heavy (non-hydrogen) atoms. The first kappa shape index (κ1) is 13.0. The number of ether oxygens (including phenoxy) is 1. The van der Waals surface area contributed by atoms with Crippen LogP contribution in [-0.4, -0.2) is 29.8 Å². The number of morpholine rings is 1. The normalized spacial score (nSPS) is 25.5. The van der Waals surface area contributed by atoms with Crippen molar-refractivity contribution in [2.45, 2.75) is 31.3 Å². The Labute approximate surface area is 123 Å². The van der Waals surface area contributed by atoms with E-state index in [0.29, 0.717) is 18.4 Å². The molecule has 1 N–H and O–H groups in total. The van der Waals surface area contributed by atoms with E-state index < -0.39 is 0 Å². The van der Waals surface area contributed by atoms with Crippen molar-refractivity contribution in [1.29, 1.82) is 0 Å². The van der Waals surface area contributed by atoms with Crippen LogP contribution < -0.4 is 5.32 Å². The Morgan fingerprint density at radius 3 is 2.95 bits per heavy atom. The summed E-state index contributed by atoms with van der Waals surface area (Å²) in [6.45, 7) is 2.32. The minimum absolute atomic E-state index is 0.101. The topological polar surface area (TPSA) is 60.2 Å². The highest BCUT2D eigenvalue weighted by atomic mass is 16.5. The molecule has 1 aromatic heterocycles. The Balaban J connectivity index is 1.51. The molecule has 5 heteroatoms. The van der Waals surface area contributed by atoms with Crippen LogP contribution in [0.2, 0.25) is 0 Å². The summed E-state index contributed by atoms with van der Waals surface area (Å²) in [4.78, 5) is 4.59. The second kappa shape index (κ2) is 5.58. The number of fused-ring (bicyclic) bond motifs is 1. The molecule has 2 aromatic rings. The van der Waals surface area contributed by atoms with Gasteiger partial charge in [0.05, 0.1) is 6.61 Å². The van der Waals surface area contributed by atoms with Crippen LogP contribution in [-0.2, 0) is 17.6 Å². The van der Waals surface area contributed by atoms with Crippen LogP contribution in [0.4, 0.5) is 0 Å². The molecule has 2 aliphatic rings. The molecular formula is C16H19N3O2. The van der Waals surface area contributed by atoms with Gasteiger partial charge in [0.15, 0.2) is 5.82 Å². The van der Waals surface area contributed by atoms with E-state index in [0.717, 1.165) is 38.2 Å². The van der Waals surface area contributed by atoms with Gasteiger partial charge in [-0.2, -0.15) is 4.98 Å². The number of aryl methyl sites for hydroxylation is 1. The second-order valence-corrected chi connectivity index (χ2v) is 5.76. The fourth-order valence-corrected chi connectivity index (χ4v) is 3.19. The molecule has 2 heterocycles. The number of hydrogen-bond donors (Lipinski definition) is 1. The number of aromatic nitrogens is 2. The molecule has 5 nitrogen and oxygen atoms in total. The van der Waals surface area contributed by atoms with Gasteiger partial charge in [0.2, 0.25) is 0 Å². The average Bonchev–Trinajstić information content (AvgIpc) is 3.05. The number of nitrogens with zero attached hydrogens (tertiary/aromatic N) is 2. The van der Waals surface area contributed by atoms with Gasteiger partial charge in [-0.05, 0) is 30.4 Å².